The minimum absolute atomic E-state index is 0.162. The third kappa shape index (κ3) is 7.68. The van der Waals surface area contributed by atoms with Crippen LogP contribution in [0.5, 0.6) is 5.75 Å². The molecule has 2 aliphatic heterocycles. The standard InChI is InChI=1S/C26H39N5O5/c1-18(2)23-26(35)30(3)15-16-36-21-10-6-5-9-19(21)24(33)28-20(17-22(32)29-23)25(34)27-11-14-31-12-7-4-8-13-31/h5-6,9-10,18,20,23H,4,7-8,11-17H2,1-3H3,(H,27,34)(H,28,33)(H,29,32)/t20-,23-/m0/s1. The molecule has 0 saturated carbocycles. The summed E-state index contributed by atoms with van der Waals surface area (Å²) in [6, 6.07) is 4.86. The van der Waals surface area contributed by atoms with Crippen molar-refractivity contribution in [2.24, 2.45) is 5.92 Å². The van der Waals surface area contributed by atoms with E-state index in [-0.39, 0.29) is 37.0 Å². The lowest BCUT2D eigenvalue weighted by Crippen LogP contribution is -2.54. The van der Waals surface area contributed by atoms with Crippen molar-refractivity contribution in [1.82, 2.24) is 25.8 Å². The second-order valence-electron chi connectivity index (χ2n) is 9.82. The molecule has 1 aromatic rings. The van der Waals surface area contributed by atoms with E-state index in [0.29, 0.717) is 18.8 Å². The molecular weight excluding hydrogens is 462 g/mol. The summed E-state index contributed by atoms with van der Waals surface area (Å²) in [6.45, 7) is 7.30. The highest BCUT2D eigenvalue weighted by Crippen LogP contribution is 2.19. The Morgan fingerprint density at radius 1 is 1.08 bits per heavy atom. The molecule has 0 spiro atoms. The van der Waals surface area contributed by atoms with Crippen LogP contribution in [0.3, 0.4) is 0 Å². The Kier molecular flexibility index (Phi) is 10.1. The van der Waals surface area contributed by atoms with Crippen molar-refractivity contribution in [1.29, 1.82) is 0 Å². The summed E-state index contributed by atoms with van der Waals surface area (Å²) in [7, 11) is 1.65. The molecule has 1 saturated heterocycles. The number of rotatable bonds is 5. The molecule has 2 atom stereocenters. The highest BCUT2D eigenvalue weighted by molar-refractivity contribution is 6.01. The second-order valence-corrected chi connectivity index (χ2v) is 9.82. The fourth-order valence-corrected chi connectivity index (χ4v) is 4.44. The van der Waals surface area contributed by atoms with Crippen LogP contribution in [-0.2, 0) is 14.4 Å². The first-order chi connectivity index (χ1) is 17.3. The zero-order chi connectivity index (χ0) is 26.1. The first-order valence-electron chi connectivity index (χ1n) is 12.8. The number of carbonyl (C=O) groups excluding carboxylic acids is 4. The Labute approximate surface area is 213 Å². The third-order valence-electron chi connectivity index (χ3n) is 6.63. The van der Waals surface area contributed by atoms with Crippen molar-refractivity contribution in [3.05, 3.63) is 29.8 Å². The van der Waals surface area contributed by atoms with Gasteiger partial charge in [0.05, 0.1) is 18.5 Å². The van der Waals surface area contributed by atoms with Gasteiger partial charge in [0.25, 0.3) is 5.91 Å². The maximum absolute atomic E-state index is 13.1. The van der Waals surface area contributed by atoms with E-state index >= 15 is 0 Å². The quantitative estimate of drug-likeness (QED) is 0.548. The highest BCUT2D eigenvalue weighted by atomic mass is 16.5. The Bertz CT molecular complexity index is 931. The van der Waals surface area contributed by atoms with Gasteiger partial charge in [-0.15, -0.1) is 0 Å². The van der Waals surface area contributed by atoms with Crippen LogP contribution in [0.1, 0.15) is 49.9 Å². The number of piperidine rings is 1. The van der Waals surface area contributed by atoms with E-state index < -0.39 is 29.8 Å². The van der Waals surface area contributed by atoms with Crippen LogP contribution in [0.2, 0.25) is 0 Å². The first kappa shape index (κ1) is 27.4. The number of fused-ring (bicyclic) bond motifs is 1. The van der Waals surface area contributed by atoms with Crippen LogP contribution in [0, 0.1) is 5.92 Å². The van der Waals surface area contributed by atoms with Crippen molar-refractivity contribution in [2.75, 3.05) is 46.4 Å². The SMILES string of the molecule is CC(C)[C@@H]1NC(=O)C[C@@H](C(=O)NCCN2CCCCC2)NC(=O)c2ccccc2OCCN(C)C1=O. The molecule has 0 radical (unpaired) electrons. The lowest BCUT2D eigenvalue weighted by Gasteiger charge is -2.29. The van der Waals surface area contributed by atoms with Gasteiger partial charge in [-0.05, 0) is 44.0 Å². The third-order valence-corrected chi connectivity index (χ3v) is 6.63. The van der Waals surface area contributed by atoms with Crippen LogP contribution < -0.4 is 20.7 Å². The van der Waals surface area contributed by atoms with Crippen LogP contribution in [0.25, 0.3) is 0 Å². The molecular formula is C26H39N5O5. The van der Waals surface area contributed by atoms with Crippen LogP contribution in [0.15, 0.2) is 24.3 Å². The zero-order valence-corrected chi connectivity index (χ0v) is 21.5. The predicted octanol–water partition coefficient (Wildman–Crippen LogP) is 0.769. The molecule has 4 amide bonds. The van der Waals surface area contributed by atoms with E-state index in [1.54, 1.807) is 31.3 Å². The molecule has 198 valence electrons. The molecule has 0 aromatic heterocycles. The number of carbonyl (C=O) groups is 4. The minimum Gasteiger partial charge on any atom is -0.491 e. The summed E-state index contributed by atoms with van der Waals surface area (Å²) in [5.74, 6) is -1.47. The maximum atomic E-state index is 13.1. The average Bonchev–Trinajstić information content (AvgIpc) is 2.86. The molecule has 0 aliphatic carbocycles. The minimum atomic E-state index is -1.10. The number of hydrogen-bond donors (Lipinski definition) is 3. The molecule has 1 fully saturated rings. The largest absolute Gasteiger partial charge is 0.491 e. The molecule has 36 heavy (non-hydrogen) atoms. The Morgan fingerprint density at radius 3 is 2.53 bits per heavy atom. The van der Waals surface area contributed by atoms with Gasteiger partial charge in [-0.3, -0.25) is 19.2 Å². The normalized spacial score (nSPS) is 22.7. The van der Waals surface area contributed by atoms with Gasteiger partial charge in [0.1, 0.15) is 24.4 Å². The van der Waals surface area contributed by atoms with E-state index in [2.05, 4.69) is 20.9 Å². The molecule has 10 heteroatoms. The molecule has 3 rings (SSSR count). The Morgan fingerprint density at radius 2 is 1.81 bits per heavy atom. The van der Waals surface area contributed by atoms with Crippen molar-refractivity contribution in [3.8, 4) is 5.75 Å². The van der Waals surface area contributed by atoms with Crippen molar-refractivity contribution >= 4 is 23.6 Å². The highest BCUT2D eigenvalue weighted by Gasteiger charge is 2.31. The topological polar surface area (TPSA) is 120 Å². The smallest absolute Gasteiger partial charge is 0.255 e. The maximum Gasteiger partial charge on any atom is 0.255 e. The van der Waals surface area contributed by atoms with Crippen molar-refractivity contribution in [3.63, 3.8) is 0 Å². The fraction of sp³-hybridized carbons (Fsp3) is 0.615. The number of amides is 4. The molecule has 10 nitrogen and oxygen atoms in total. The van der Waals surface area contributed by atoms with E-state index in [0.717, 1.165) is 25.9 Å². The summed E-state index contributed by atoms with van der Waals surface area (Å²) in [6.07, 6.45) is 3.25. The summed E-state index contributed by atoms with van der Waals surface area (Å²) in [5.41, 5.74) is 0.259. The lowest BCUT2D eigenvalue weighted by molar-refractivity contribution is -0.137. The number of likely N-dealkylation sites (tertiary alicyclic amines) is 1. The summed E-state index contributed by atoms with van der Waals surface area (Å²) in [5, 5.41) is 8.34. The second kappa shape index (κ2) is 13.2. The molecule has 2 aliphatic rings. The number of ether oxygens (including phenoxy) is 1. The number of nitrogens with one attached hydrogen (secondary N) is 3. The fourth-order valence-electron chi connectivity index (χ4n) is 4.44. The molecule has 3 N–H and O–H groups in total. The van der Waals surface area contributed by atoms with Crippen molar-refractivity contribution in [2.45, 2.75) is 51.6 Å². The summed E-state index contributed by atoms with van der Waals surface area (Å²) in [4.78, 5) is 56.0. The molecule has 0 unspecified atom stereocenters. The number of benzene rings is 1. The number of likely N-dealkylation sites (N-methyl/N-ethyl adjacent to an activating group) is 1. The van der Waals surface area contributed by atoms with E-state index in [1.165, 1.54) is 11.3 Å². The monoisotopic (exact) mass is 501 g/mol. The predicted molar refractivity (Wildman–Crippen MR) is 136 cm³/mol. The van der Waals surface area contributed by atoms with Gasteiger partial charge in [-0.1, -0.05) is 32.4 Å². The van der Waals surface area contributed by atoms with Gasteiger partial charge in [0.2, 0.25) is 17.7 Å². The Hall–Kier alpha value is -3.14. The molecule has 0 bridgehead atoms. The van der Waals surface area contributed by atoms with Gasteiger partial charge < -0.3 is 30.5 Å². The van der Waals surface area contributed by atoms with Crippen LogP contribution in [0.4, 0.5) is 0 Å². The van der Waals surface area contributed by atoms with E-state index in [9.17, 15) is 19.2 Å². The Balaban J connectivity index is 1.78. The zero-order valence-electron chi connectivity index (χ0n) is 21.5. The van der Waals surface area contributed by atoms with Crippen molar-refractivity contribution < 1.29 is 23.9 Å². The molecule has 2 heterocycles. The van der Waals surface area contributed by atoms with Crippen LogP contribution >= 0.6 is 0 Å². The van der Waals surface area contributed by atoms with E-state index in [1.807, 2.05) is 13.8 Å². The number of para-hydroxylation sites is 1. The summed E-state index contributed by atoms with van der Waals surface area (Å²) < 4.78 is 5.82. The van der Waals surface area contributed by atoms with Gasteiger partial charge in [0.15, 0.2) is 0 Å². The summed E-state index contributed by atoms with van der Waals surface area (Å²) >= 11 is 0. The number of nitrogens with zero attached hydrogens (tertiary/aromatic N) is 2. The average molecular weight is 502 g/mol. The van der Waals surface area contributed by atoms with Gasteiger partial charge in [0, 0.05) is 20.1 Å². The van der Waals surface area contributed by atoms with Gasteiger partial charge in [-0.2, -0.15) is 0 Å². The van der Waals surface area contributed by atoms with Gasteiger partial charge in [-0.25, -0.2) is 0 Å². The first-order valence-corrected chi connectivity index (χ1v) is 12.8. The lowest BCUT2D eigenvalue weighted by atomic mass is 10.0. The number of hydrogen-bond acceptors (Lipinski definition) is 6. The van der Waals surface area contributed by atoms with Crippen LogP contribution in [-0.4, -0.2) is 91.9 Å². The van der Waals surface area contributed by atoms with Gasteiger partial charge >= 0.3 is 0 Å². The van der Waals surface area contributed by atoms with E-state index in [4.69, 9.17) is 4.74 Å². The molecule has 1 aromatic carbocycles.